The Balaban J connectivity index is 6.83. The molecule has 0 amide bonds. The van der Waals surface area contributed by atoms with Gasteiger partial charge in [0, 0.05) is 0 Å². The largest absolute Gasteiger partial charge is 0.469 e. The lowest BCUT2D eigenvalue weighted by Crippen LogP contribution is -2.48. The van der Waals surface area contributed by atoms with Gasteiger partial charge < -0.3 is 23.7 Å². The number of carbonyl (C=O) groups is 5. The predicted octanol–water partition coefficient (Wildman–Crippen LogP) is 3.87. The van der Waals surface area contributed by atoms with Crippen LogP contribution in [0.1, 0.15) is 80.6 Å². The van der Waals surface area contributed by atoms with Gasteiger partial charge in [0.25, 0.3) is 0 Å². The van der Waals surface area contributed by atoms with E-state index < -0.39 is 56.9 Å². The van der Waals surface area contributed by atoms with Crippen LogP contribution >= 0.6 is 0 Å². The predicted molar refractivity (Wildman–Crippen MR) is 135 cm³/mol. The van der Waals surface area contributed by atoms with Crippen molar-refractivity contribution >= 4 is 29.8 Å². The second-order valence-corrected chi connectivity index (χ2v) is 11.6. The molecule has 4 atom stereocenters. The summed E-state index contributed by atoms with van der Waals surface area (Å²) in [5, 5.41) is 0. The summed E-state index contributed by atoms with van der Waals surface area (Å²) in [6, 6.07) is 0. The van der Waals surface area contributed by atoms with Gasteiger partial charge in [-0.1, -0.05) is 6.92 Å². The van der Waals surface area contributed by atoms with Crippen molar-refractivity contribution in [2.45, 2.75) is 80.6 Å². The van der Waals surface area contributed by atoms with Crippen molar-refractivity contribution in [2.75, 3.05) is 35.5 Å². The van der Waals surface area contributed by atoms with Crippen LogP contribution in [0.3, 0.4) is 0 Å². The lowest BCUT2D eigenvalue weighted by molar-refractivity contribution is -0.170. The van der Waals surface area contributed by atoms with Gasteiger partial charge >= 0.3 is 29.8 Å². The van der Waals surface area contributed by atoms with Gasteiger partial charge in [-0.3, -0.25) is 24.0 Å². The Labute approximate surface area is 221 Å². The van der Waals surface area contributed by atoms with Gasteiger partial charge in [-0.15, -0.1) is 0 Å². The molecular formula is C27H46O10. The van der Waals surface area contributed by atoms with Crippen LogP contribution in [0.4, 0.5) is 0 Å². The molecule has 0 heterocycles. The van der Waals surface area contributed by atoms with Crippen molar-refractivity contribution in [3.63, 3.8) is 0 Å². The Morgan fingerprint density at radius 2 is 0.676 bits per heavy atom. The summed E-state index contributed by atoms with van der Waals surface area (Å²) in [6.45, 7) is 11.6. The molecule has 0 radical (unpaired) electrons. The molecule has 0 aromatic heterocycles. The summed E-state index contributed by atoms with van der Waals surface area (Å²) in [5.41, 5.74) is -6.24. The minimum Gasteiger partial charge on any atom is -0.469 e. The lowest BCUT2D eigenvalue weighted by Gasteiger charge is -2.44. The highest BCUT2D eigenvalue weighted by molar-refractivity contribution is 5.84. The topological polar surface area (TPSA) is 132 Å². The average Bonchev–Trinajstić information content (AvgIpc) is 2.84. The van der Waals surface area contributed by atoms with Crippen LogP contribution in [-0.2, 0) is 47.7 Å². The molecule has 0 saturated carbocycles. The number of esters is 5. The second kappa shape index (κ2) is 12.7. The average molecular weight is 531 g/mol. The fourth-order valence-corrected chi connectivity index (χ4v) is 5.85. The van der Waals surface area contributed by atoms with Gasteiger partial charge in [0.2, 0.25) is 0 Å². The normalized spacial score (nSPS) is 18.1. The highest BCUT2D eigenvalue weighted by Gasteiger charge is 2.55. The standard InChI is InChI=1S/C27H46O10/c1-13-24(4,19(29)34-9)15-26(6,21(31)36-11)17-27(7,22(32)37-12)16-25(5,20(30)35-10)14-23(2,3)18(28)33-8/h13-17H2,1-12H3. The number of carbonyl (C=O) groups excluding carboxylic acids is 5. The molecule has 0 rings (SSSR count). The number of ether oxygens (including phenoxy) is 5. The van der Waals surface area contributed by atoms with Crippen molar-refractivity contribution in [1.82, 2.24) is 0 Å². The Hall–Kier alpha value is -2.65. The zero-order valence-corrected chi connectivity index (χ0v) is 24.6. The number of rotatable bonds is 14. The molecule has 10 nitrogen and oxygen atoms in total. The third-order valence-corrected chi connectivity index (χ3v) is 7.40. The van der Waals surface area contributed by atoms with Gasteiger partial charge in [0.1, 0.15) is 0 Å². The van der Waals surface area contributed by atoms with Crippen LogP contribution in [-0.4, -0.2) is 65.4 Å². The molecule has 0 spiro atoms. The maximum Gasteiger partial charge on any atom is 0.311 e. The molecule has 0 fully saturated rings. The molecule has 0 aliphatic carbocycles. The fourth-order valence-electron chi connectivity index (χ4n) is 5.85. The van der Waals surface area contributed by atoms with E-state index in [1.807, 2.05) is 0 Å². The first-order chi connectivity index (χ1) is 16.8. The smallest absolute Gasteiger partial charge is 0.311 e. The monoisotopic (exact) mass is 530 g/mol. The minimum absolute atomic E-state index is 0.00426. The number of methoxy groups -OCH3 is 5. The molecule has 4 unspecified atom stereocenters. The quantitative estimate of drug-likeness (QED) is 0.241. The molecule has 0 aromatic carbocycles. The molecule has 0 saturated heterocycles. The van der Waals surface area contributed by atoms with E-state index in [0.29, 0.717) is 6.42 Å². The molecular weight excluding hydrogens is 484 g/mol. The van der Waals surface area contributed by atoms with Crippen molar-refractivity contribution < 1.29 is 47.7 Å². The molecule has 0 N–H and O–H groups in total. The van der Waals surface area contributed by atoms with E-state index in [4.69, 9.17) is 23.7 Å². The minimum atomic E-state index is -1.42. The SMILES string of the molecule is CCC(C)(CC(C)(CC(C)(CC(C)(CC(C)(C)C(=O)OC)C(=O)OC)C(=O)OC)C(=O)OC)C(=O)OC. The summed E-state index contributed by atoms with van der Waals surface area (Å²) in [4.78, 5) is 64.6. The van der Waals surface area contributed by atoms with Crippen molar-refractivity contribution in [2.24, 2.45) is 27.1 Å². The highest BCUT2D eigenvalue weighted by Crippen LogP contribution is 2.51. The molecule has 10 heteroatoms. The molecule has 0 bridgehead atoms. The van der Waals surface area contributed by atoms with E-state index in [0.717, 1.165) is 0 Å². The van der Waals surface area contributed by atoms with Crippen molar-refractivity contribution in [3.8, 4) is 0 Å². The maximum absolute atomic E-state index is 13.3. The van der Waals surface area contributed by atoms with Crippen molar-refractivity contribution in [3.05, 3.63) is 0 Å². The van der Waals surface area contributed by atoms with Crippen LogP contribution in [0, 0.1) is 27.1 Å². The zero-order chi connectivity index (χ0) is 29.5. The van der Waals surface area contributed by atoms with Gasteiger partial charge in [0.05, 0.1) is 62.6 Å². The lowest BCUT2D eigenvalue weighted by atomic mass is 9.59. The molecule has 0 aliphatic heterocycles. The fraction of sp³-hybridized carbons (Fsp3) is 0.815. The molecule has 0 aliphatic rings. The molecule has 0 aromatic rings. The van der Waals surface area contributed by atoms with Gasteiger partial charge in [0.15, 0.2) is 0 Å². The first-order valence-corrected chi connectivity index (χ1v) is 12.2. The Bertz CT molecular complexity index is 865. The van der Waals surface area contributed by atoms with E-state index in [1.54, 1.807) is 48.5 Å². The molecule has 37 heavy (non-hydrogen) atoms. The summed E-state index contributed by atoms with van der Waals surface area (Å²) < 4.78 is 25.2. The van der Waals surface area contributed by atoms with Crippen LogP contribution in [0.5, 0.6) is 0 Å². The first kappa shape index (κ1) is 34.4. The second-order valence-electron chi connectivity index (χ2n) is 11.6. The third kappa shape index (κ3) is 7.92. The Morgan fingerprint density at radius 3 is 0.946 bits per heavy atom. The highest BCUT2D eigenvalue weighted by atomic mass is 16.5. The number of hydrogen-bond acceptors (Lipinski definition) is 10. The van der Waals surface area contributed by atoms with E-state index in [1.165, 1.54) is 35.5 Å². The van der Waals surface area contributed by atoms with Crippen LogP contribution in [0.25, 0.3) is 0 Å². The third-order valence-electron chi connectivity index (χ3n) is 7.40. The first-order valence-electron chi connectivity index (χ1n) is 12.2. The summed E-state index contributed by atoms with van der Waals surface area (Å²) in [5.74, 6) is -2.94. The zero-order valence-electron chi connectivity index (χ0n) is 24.6. The maximum atomic E-state index is 13.3. The van der Waals surface area contributed by atoms with Crippen LogP contribution < -0.4 is 0 Å². The summed E-state index contributed by atoms with van der Waals surface area (Å²) in [6.07, 6.45) is 0.152. The summed E-state index contributed by atoms with van der Waals surface area (Å²) in [7, 11) is 6.20. The Kier molecular flexibility index (Phi) is 11.8. The van der Waals surface area contributed by atoms with Gasteiger partial charge in [-0.25, -0.2) is 0 Å². The van der Waals surface area contributed by atoms with Crippen LogP contribution in [0.2, 0.25) is 0 Å². The van der Waals surface area contributed by atoms with Crippen LogP contribution in [0.15, 0.2) is 0 Å². The number of hydrogen-bond donors (Lipinski definition) is 0. The van der Waals surface area contributed by atoms with E-state index in [2.05, 4.69) is 0 Å². The van der Waals surface area contributed by atoms with E-state index in [-0.39, 0.29) is 25.7 Å². The van der Waals surface area contributed by atoms with E-state index >= 15 is 0 Å². The Morgan fingerprint density at radius 1 is 0.432 bits per heavy atom. The summed E-state index contributed by atoms with van der Waals surface area (Å²) >= 11 is 0. The van der Waals surface area contributed by atoms with E-state index in [9.17, 15) is 24.0 Å². The van der Waals surface area contributed by atoms with Crippen molar-refractivity contribution in [1.29, 1.82) is 0 Å². The van der Waals surface area contributed by atoms with Gasteiger partial charge in [-0.2, -0.15) is 0 Å². The molecule has 214 valence electrons. The van der Waals surface area contributed by atoms with Gasteiger partial charge in [-0.05, 0) is 73.6 Å².